The van der Waals surface area contributed by atoms with Crippen LogP contribution in [0.2, 0.25) is 0 Å². The highest BCUT2D eigenvalue weighted by molar-refractivity contribution is 4.88. The van der Waals surface area contributed by atoms with Gasteiger partial charge in [0.2, 0.25) is 0 Å². The van der Waals surface area contributed by atoms with Crippen LogP contribution in [0.4, 0.5) is 0 Å². The summed E-state index contributed by atoms with van der Waals surface area (Å²) in [5.74, 6) is 6.57. The summed E-state index contributed by atoms with van der Waals surface area (Å²) in [5, 5.41) is 4.07. The van der Waals surface area contributed by atoms with Crippen molar-refractivity contribution in [2.75, 3.05) is 6.61 Å². The fourth-order valence-electron chi connectivity index (χ4n) is 2.39. The highest BCUT2D eigenvalue weighted by atomic mass is 16.5. The first-order valence-electron chi connectivity index (χ1n) is 6.70. The lowest BCUT2D eigenvalue weighted by Gasteiger charge is -2.24. The van der Waals surface area contributed by atoms with Crippen molar-refractivity contribution >= 4 is 0 Å². The smallest absolute Gasteiger partial charge is 0.138 e. The lowest BCUT2D eigenvalue weighted by molar-refractivity contribution is 0.00854. The molecule has 0 aromatic carbocycles. The minimum Gasteiger partial charge on any atom is -0.378 e. The van der Waals surface area contributed by atoms with E-state index in [4.69, 9.17) is 10.6 Å². The van der Waals surface area contributed by atoms with Crippen molar-refractivity contribution in [3.8, 4) is 0 Å². The third-order valence-corrected chi connectivity index (χ3v) is 3.58. The molecule has 2 rings (SSSR count). The van der Waals surface area contributed by atoms with Crippen molar-refractivity contribution in [1.82, 2.24) is 20.2 Å². The van der Waals surface area contributed by atoms with E-state index in [2.05, 4.69) is 15.5 Å². The first kappa shape index (κ1) is 13.5. The van der Waals surface area contributed by atoms with E-state index < -0.39 is 0 Å². The lowest BCUT2D eigenvalue weighted by Crippen LogP contribution is -2.38. The summed E-state index contributed by atoms with van der Waals surface area (Å²) >= 11 is 0. The fourth-order valence-corrected chi connectivity index (χ4v) is 2.39. The Bertz CT molecular complexity index is 348. The number of aromatic nitrogens is 3. The monoisotopic (exact) mass is 253 g/mol. The van der Waals surface area contributed by atoms with Gasteiger partial charge in [-0.05, 0) is 32.1 Å². The summed E-state index contributed by atoms with van der Waals surface area (Å²) in [4.78, 5) is 4.22. The molecule has 0 aliphatic carbocycles. The number of nitrogens with zero attached hydrogens (tertiary/aromatic N) is 3. The van der Waals surface area contributed by atoms with Crippen LogP contribution in [0, 0.1) is 0 Å². The standard InChI is InChI=1S/C12H23N5O/c1-17-12(14-9-15-17)8-10(16-13)5-6-11-4-2-3-7-18-11/h9-11,16H,2-8,13H2,1H3. The van der Waals surface area contributed by atoms with E-state index >= 15 is 0 Å². The van der Waals surface area contributed by atoms with E-state index in [9.17, 15) is 0 Å². The molecule has 0 bridgehead atoms. The maximum atomic E-state index is 5.73. The van der Waals surface area contributed by atoms with E-state index in [1.807, 2.05) is 7.05 Å². The minimum atomic E-state index is 0.235. The molecule has 18 heavy (non-hydrogen) atoms. The average molecular weight is 253 g/mol. The van der Waals surface area contributed by atoms with E-state index in [0.29, 0.717) is 6.10 Å². The Morgan fingerprint density at radius 3 is 3.11 bits per heavy atom. The Balaban J connectivity index is 1.76. The van der Waals surface area contributed by atoms with Crippen molar-refractivity contribution in [2.45, 2.75) is 50.7 Å². The summed E-state index contributed by atoms with van der Waals surface area (Å²) < 4.78 is 7.52. The van der Waals surface area contributed by atoms with Crippen molar-refractivity contribution in [2.24, 2.45) is 12.9 Å². The Kier molecular flexibility index (Phi) is 5.10. The van der Waals surface area contributed by atoms with Gasteiger partial charge in [-0.15, -0.1) is 0 Å². The summed E-state index contributed by atoms with van der Waals surface area (Å²) in [6.45, 7) is 0.911. The second kappa shape index (κ2) is 6.82. The number of hydrazine groups is 1. The Morgan fingerprint density at radius 1 is 1.61 bits per heavy atom. The summed E-state index contributed by atoms with van der Waals surface area (Å²) in [5.41, 5.74) is 2.87. The number of nitrogens with two attached hydrogens (primary N) is 1. The second-order valence-electron chi connectivity index (χ2n) is 4.93. The van der Waals surface area contributed by atoms with Gasteiger partial charge in [-0.1, -0.05) is 0 Å². The SMILES string of the molecule is Cn1ncnc1CC(CCC1CCCCO1)NN. The molecule has 1 aromatic rings. The molecule has 0 saturated carbocycles. The van der Waals surface area contributed by atoms with E-state index in [1.54, 1.807) is 11.0 Å². The molecule has 0 amide bonds. The number of nitrogens with one attached hydrogen (secondary N) is 1. The van der Waals surface area contributed by atoms with Crippen LogP contribution < -0.4 is 11.3 Å². The van der Waals surface area contributed by atoms with E-state index in [0.717, 1.165) is 31.7 Å². The average Bonchev–Trinajstić information content (AvgIpc) is 2.81. The van der Waals surface area contributed by atoms with Gasteiger partial charge in [0.25, 0.3) is 0 Å². The maximum absolute atomic E-state index is 5.73. The van der Waals surface area contributed by atoms with Crippen molar-refractivity contribution in [3.05, 3.63) is 12.2 Å². The molecule has 1 aromatic heterocycles. The number of hydrogen-bond donors (Lipinski definition) is 2. The zero-order valence-electron chi connectivity index (χ0n) is 11.0. The van der Waals surface area contributed by atoms with Crippen molar-refractivity contribution in [1.29, 1.82) is 0 Å². The summed E-state index contributed by atoms with van der Waals surface area (Å²) in [7, 11) is 1.90. The largest absolute Gasteiger partial charge is 0.378 e. The first-order valence-corrected chi connectivity index (χ1v) is 6.70. The topological polar surface area (TPSA) is 78.0 Å². The molecule has 1 fully saturated rings. The molecular formula is C12H23N5O. The number of ether oxygens (including phenoxy) is 1. The van der Waals surface area contributed by atoms with Crippen LogP contribution in [0.1, 0.15) is 37.9 Å². The number of rotatable bonds is 6. The van der Waals surface area contributed by atoms with E-state index in [-0.39, 0.29) is 6.04 Å². The third-order valence-electron chi connectivity index (χ3n) is 3.58. The lowest BCUT2D eigenvalue weighted by atomic mass is 10.0. The van der Waals surface area contributed by atoms with Gasteiger partial charge in [0.1, 0.15) is 12.2 Å². The minimum absolute atomic E-state index is 0.235. The zero-order valence-corrected chi connectivity index (χ0v) is 11.0. The predicted octanol–water partition coefficient (Wildman–Crippen LogP) is 0.539. The maximum Gasteiger partial charge on any atom is 0.138 e. The van der Waals surface area contributed by atoms with Gasteiger partial charge >= 0.3 is 0 Å². The normalized spacial score (nSPS) is 22.0. The van der Waals surface area contributed by atoms with Crippen molar-refractivity contribution in [3.63, 3.8) is 0 Å². The molecular weight excluding hydrogens is 230 g/mol. The van der Waals surface area contributed by atoms with Crippen LogP contribution in [0.3, 0.4) is 0 Å². The highest BCUT2D eigenvalue weighted by Gasteiger charge is 2.17. The van der Waals surface area contributed by atoms with Crippen LogP contribution in [0.15, 0.2) is 6.33 Å². The van der Waals surface area contributed by atoms with Crippen LogP contribution in [-0.2, 0) is 18.2 Å². The van der Waals surface area contributed by atoms with Gasteiger partial charge in [0.15, 0.2) is 0 Å². The van der Waals surface area contributed by atoms with Gasteiger partial charge in [-0.25, -0.2) is 4.98 Å². The Labute approximate surface area is 108 Å². The molecule has 0 radical (unpaired) electrons. The number of aryl methyl sites for hydroxylation is 1. The highest BCUT2D eigenvalue weighted by Crippen LogP contribution is 2.18. The molecule has 0 spiro atoms. The van der Waals surface area contributed by atoms with Crippen LogP contribution in [0.5, 0.6) is 0 Å². The molecule has 2 unspecified atom stereocenters. The summed E-state index contributed by atoms with van der Waals surface area (Å²) in [6, 6.07) is 0.235. The summed E-state index contributed by atoms with van der Waals surface area (Å²) in [6.07, 6.45) is 8.53. The molecule has 3 N–H and O–H groups in total. The second-order valence-corrected chi connectivity index (χ2v) is 4.93. The van der Waals surface area contributed by atoms with Crippen molar-refractivity contribution < 1.29 is 4.74 Å². The van der Waals surface area contributed by atoms with Crippen LogP contribution in [0.25, 0.3) is 0 Å². The molecule has 102 valence electrons. The quantitative estimate of drug-likeness (QED) is 0.571. The molecule has 6 heteroatoms. The zero-order chi connectivity index (χ0) is 12.8. The molecule has 2 heterocycles. The van der Waals surface area contributed by atoms with E-state index in [1.165, 1.54) is 19.3 Å². The molecule has 6 nitrogen and oxygen atoms in total. The Hall–Kier alpha value is -0.980. The Morgan fingerprint density at radius 2 is 2.50 bits per heavy atom. The number of hydrogen-bond acceptors (Lipinski definition) is 5. The van der Waals surface area contributed by atoms with Gasteiger partial charge < -0.3 is 4.74 Å². The molecule has 1 aliphatic heterocycles. The molecule has 1 aliphatic rings. The molecule has 1 saturated heterocycles. The molecule has 2 atom stereocenters. The van der Waals surface area contributed by atoms with Gasteiger partial charge in [-0.2, -0.15) is 5.10 Å². The predicted molar refractivity (Wildman–Crippen MR) is 68.6 cm³/mol. The van der Waals surface area contributed by atoms with Crippen LogP contribution >= 0.6 is 0 Å². The van der Waals surface area contributed by atoms with Gasteiger partial charge in [0, 0.05) is 26.1 Å². The first-order chi connectivity index (χ1) is 8.79. The fraction of sp³-hybridized carbons (Fsp3) is 0.833. The van der Waals surface area contributed by atoms with Gasteiger partial charge in [-0.3, -0.25) is 16.0 Å². The van der Waals surface area contributed by atoms with Crippen LogP contribution in [-0.4, -0.2) is 33.5 Å². The van der Waals surface area contributed by atoms with Gasteiger partial charge in [0.05, 0.1) is 6.10 Å². The third kappa shape index (κ3) is 3.76.